The molecule has 0 fully saturated rings. The molecular weight excluding hydrogens is 328 g/mol. The van der Waals surface area contributed by atoms with Crippen LogP contribution in [-0.2, 0) is 14.3 Å². The summed E-state index contributed by atoms with van der Waals surface area (Å²) in [4.78, 5) is 15.9. The highest BCUT2D eigenvalue weighted by atomic mass is 32.2. The zero-order chi connectivity index (χ0) is 17.7. The first kappa shape index (κ1) is 18.1. The molecule has 1 N–H and O–H groups in total. The van der Waals surface area contributed by atoms with Crippen LogP contribution in [0.3, 0.4) is 0 Å². The molecule has 0 aliphatic carbocycles. The third kappa shape index (κ3) is 4.62. The SMILES string of the molecule is CCC(OS(C)(=O)=O)c1ccc(-c2ccc(C(=O)NC)cc2)cn1. The Morgan fingerprint density at radius 1 is 1.17 bits per heavy atom. The number of carbonyl (C=O) groups excluding carboxylic acids is 1. The number of pyridine rings is 1. The van der Waals surface area contributed by atoms with Gasteiger partial charge in [-0.05, 0) is 30.2 Å². The molecule has 1 amide bonds. The van der Waals surface area contributed by atoms with E-state index in [1.807, 2.05) is 25.1 Å². The molecule has 2 rings (SSSR count). The minimum atomic E-state index is -3.54. The van der Waals surface area contributed by atoms with Gasteiger partial charge in [0.1, 0.15) is 6.10 Å². The predicted octanol–water partition coefficient (Wildman–Crippen LogP) is 2.54. The zero-order valence-electron chi connectivity index (χ0n) is 13.8. The summed E-state index contributed by atoms with van der Waals surface area (Å²) < 4.78 is 27.6. The van der Waals surface area contributed by atoms with Gasteiger partial charge in [-0.2, -0.15) is 8.42 Å². The summed E-state index contributed by atoms with van der Waals surface area (Å²) in [6.45, 7) is 1.84. The number of amides is 1. The van der Waals surface area contributed by atoms with Crippen LogP contribution in [0.1, 0.15) is 35.5 Å². The molecule has 0 bridgehead atoms. The first-order valence-electron chi connectivity index (χ1n) is 7.50. The molecule has 0 aliphatic rings. The van der Waals surface area contributed by atoms with E-state index in [4.69, 9.17) is 4.18 Å². The van der Waals surface area contributed by atoms with Gasteiger partial charge in [-0.15, -0.1) is 0 Å². The maximum atomic E-state index is 11.5. The smallest absolute Gasteiger partial charge is 0.265 e. The second-order valence-electron chi connectivity index (χ2n) is 5.33. The molecule has 0 radical (unpaired) electrons. The molecule has 2 aromatic rings. The summed E-state index contributed by atoms with van der Waals surface area (Å²) in [5.41, 5.74) is 2.93. The molecule has 1 aromatic carbocycles. The van der Waals surface area contributed by atoms with E-state index in [0.717, 1.165) is 17.4 Å². The van der Waals surface area contributed by atoms with Crippen LogP contribution in [0, 0.1) is 0 Å². The molecular formula is C17H20N2O4S. The van der Waals surface area contributed by atoms with Crippen LogP contribution in [0.5, 0.6) is 0 Å². The van der Waals surface area contributed by atoms with Gasteiger partial charge in [-0.3, -0.25) is 14.0 Å². The Labute approximate surface area is 142 Å². The van der Waals surface area contributed by atoms with Crippen molar-refractivity contribution >= 4 is 16.0 Å². The zero-order valence-corrected chi connectivity index (χ0v) is 14.6. The standard InChI is InChI=1S/C17H20N2O4S/c1-4-16(23-24(3,21)22)15-10-9-14(11-19-15)12-5-7-13(8-6-12)17(20)18-2/h5-11,16H,4H2,1-3H3,(H,18,20). The van der Waals surface area contributed by atoms with Gasteiger partial charge in [0.05, 0.1) is 11.9 Å². The van der Waals surface area contributed by atoms with Gasteiger partial charge < -0.3 is 5.32 Å². The number of nitrogens with one attached hydrogen (secondary N) is 1. The number of hydrogen-bond acceptors (Lipinski definition) is 5. The monoisotopic (exact) mass is 348 g/mol. The van der Waals surface area contributed by atoms with E-state index in [2.05, 4.69) is 10.3 Å². The average molecular weight is 348 g/mol. The number of rotatable bonds is 6. The number of hydrogen-bond donors (Lipinski definition) is 1. The van der Waals surface area contributed by atoms with E-state index in [1.165, 1.54) is 0 Å². The molecule has 1 unspecified atom stereocenters. The molecule has 128 valence electrons. The minimum absolute atomic E-state index is 0.140. The fraction of sp³-hybridized carbons (Fsp3) is 0.294. The molecule has 24 heavy (non-hydrogen) atoms. The second kappa shape index (κ2) is 7.55. The van der Waals surface area contributed by atoms with Crippen LogP contribution in [0.25, 0.3) is 11.1 Å². The van der Waals surface area contributed by atoms with E-state index in [1.54, 1.807) is 31.4 Å². The lowest BCUT2D eigenvalue weighted by Crippen LogP contribution is -2.17. The van der Waals surface area contributed by atoms with Gasteiger partial charge >= 0.3 is 0 Å². The van der Waals surface area contributed by atoms with Crippen molar-refractivity contribution in [1.29, 1.82) is 0 Å². The van der Waals surface area contributed by atoms with Crippen molar-refractivity contribution in [1.82, 2.24) is 10.3 Å². The fourth-order valence-corrected chi connectivity index (χ4v) is 2.92. The highest BCUT2D eigenvalue weighted by molar-refractivity contribution is 7.86. The largest absolute Gasteiger partial charge is 0.355 e. The van der Waals surface area contributed by atoms with E-state index in [9.17, 15) is 13.2 Å². The van der Waals surface area contributed by atoms with Crippen molar-refractivity contribution in [2.24, 2.45) is 0 Å². The number of benzene rings is 1. The van der Waals surface area contributed by atoms with E-state index >= 15 is 0 Å². The van der Waals surface area contributed by atoms with Gasteiger partial charge in [0.25, 0.3) is 16.0 Å². The highest BCUT2D eigenvalue weighted by Crippen LogP contribution is 2.24. The normalized spacial score (nSPS) is 12.6. The summed E-state index contributed by atoms with van der Waals surface area (Å²) in [6.07, 6.45) is 2.60. The predicted molar refractivity (Wildman–Crippen MR) is 92.0 cm³/mol. The fourth-order valence-electron chi connectivity index (χ4n) is 2.26. The molecule has 1 heterocycles. The lowest BCUT2D eigenvalue weighted by molar-refractivity contribution is 0.0963. The third-order valence-corrected chi connectivity index (χ3v) is 4.07. The second-order valence-corrected chi connectivity index (χ2v) is 6.93. The molecule has 0 aliphatic heterocycles. The first-order chi connectivity index (χ1) is 11.3. The van der Waals surface area contributed by atoms with Crippen LogP contribution >= 0.6 is 0 Å². The first-order valence-corrected chi connectivity index (χ1v) is 9.32. The van der Waals surface area contributed by atoms with Crippen molar-refractivity contribution in [3.05, 3.63) is 53.9 Å². The van der Waals surface area contributed by atoms with E-state index < -0.39 is 16.2 Å². The molecule has 0 saturated heterocycles. The van der Waals surface area contributed by atoms with Gasteiger partial charge in [0, 0.05) is 24.4 Å². The van der Waals surface area contributed by atoms with Crippen LogP contribution in [0.15, 0.2) is 42.6 Å². The molecule has 7 heteroatoms. The molecule has 0 spiro atoms. The number of carbonyl (C=O) groups is 1. The maximum absolute atomic E-state index is 11.5. The van der Waals surface area contributed by atoms with Crippen molar-refractivity contribution in [2.75, 3.05) is 13.3 Å². The van der Waals surface area contributed by atoms with Crippen molar-refractivity contribution in [3.63, 3.8) is 0 Å². The van der Waals surface area contributed by atoms with Crippen molar-refractivity contribution in [2.45, 2.75) is 19.4 Å². The Bertz CT molecular complexity index is 799. The Hall–Kier alpha value is -2.25. The average Bonchev–Trinajstić information content (AvgIpc) is 2.58. The van der Waals surface area contributed by atoms with Crippen LogP contribution in [0.2, 0.25) is 0 Å². The van der Waals surface area contributed by atoms with Gasteiger partial charge in [-0.1, -0.05) is 25.1 Å². The van der Waals surface area contributed by atoms with Crippen LogP contribution in [-0.4, -0.2) is 32.6 Å². The van der Waals surface area contributed by atoms with E-state index in [-0.39, 0.29) is 5.91 Å². The van der Waals surface area contributed by atoms with Crippen molar-refractivity contribution in [3.8, 4) is 11.1 Å². The number of nitrogens with zero attached hydrogens (tertiary/aromatic N) is 1. The third-order valence-electron chi connectivity index (χ3n) is 3.49. The van der Waals surface area contributed by atoms with Gasteiger partial charge in [0.2, 0.25) is 0 Å². The highest BCUT2D eigenvalue weighted by Gasteiger charge is 2.17. The lowest BCUT2D eigenvalue weighted by Gasteiger charge is -2.14. The van der Waals surface area contributed by atoms with Gasteiger partial charge in [-0.25, -0.2) is 0 Å². The minimum Gasteiger partial charge on any atom is -0.355 e. The molecule has 6 nitrogen and oxygen atoms in total. The number of aromatic nitrogens is 1. The summed E-state index contributed by atoms with van der Waals surface area (Å²) in [5.74, 6) is -0.140. The summed E-state index contributed by atoms with van der Waals surface area (Å²) in [6, 6.07) is 10.8. The van der Waals surface area contributed by atoms with Gasteiger partial charge in [0.15, 0.2) is 0 Å². The Balaban J connectivity index is 2.21. The Morgan fingerprint density at radius 2 is 1.79 bits per heavy atom. The maximum Gasteiger partial charge on any atom is 0.265 e. The summed E-state index contributed by atoms with van der Waals surface area (Å²) in [5, 5.41) is 2.57. The van der Waals surface area contributed by atoms with Crippen LogP contribution < -0.4 is 5.32 Å². The summed E-state index contributed by atoms with van der Waals surface area (Å²) in [7, 11) is -1.95. The van der Waals surface area contributed by atoms with E-state index in [0.29, 0.717) is 17.7 Å². The Morgan fingerprint density at radius 3 is 2.25 bits per heavy atom. The van der Waals surface area contributed by atoms with Crippen LogP contribution in [0.4, 0.5) is 0 Å². The Kier molecular flexibility index (Phi) is 5.69. The lowest BCUT2D eigenvalue weighted by atomic mass is 10.0. The molecule has 1 aromatic heterocycles. The summed E-state index contributed by atoms with van der Waals surface area (Å²) >= 11 is 0. The van der Waals surface area contributed by atoms with Crippen molar-refractivity contribution < 1.29 is 17.4 Å². The topological polar surface area (TPSA) is 85.4 Å². The quantitative estimate of drug-likeness (QED) is 0.811. The molecule has 0 saturated carbocycles. The molecule has 1 atom stereocenters.